The van der Waals surface area contributed by atoms with Crippen LogP contribution in [-0.2, 0) is 0 Å². The van der Waals surface area contributed by atoms with E-state index in [1.807, 2.05) is 24.3 Å². The number of carbonyl (C=O) groups excluding carboxylic acids is 1. The second kappa shape index (κ2) is 6.18. The molecule has 19 heavy (non-hydrogen) atoms. The Morgan fingerprint density at radius 1 is 1.21 bits per heavy atom. The average Bonchev–Trinajstić information content (AvgIpc) is 2.76. The van der Waals surface area contributed by atoms with E-state index in [9.17, 15) is 4.79 Å². The Kier molecular flexibility index (Phi) is 4.57. The number of nitrogens with zero attached hydrogens (tertiary/aromatic N) is 1. The number of H-pyrrole nitrogens is 1. The highest BCUT2D eigenvalue weighted by atomic mass is 79.9. The lowest BCUT2D eigenvalue weighted by Crippen LogP contribution is -2.36. The van der Waals surface area contributed by atoms with Crippen LogP contribution < -0.4 is 0 Å². The molecule has 0 spiro atoms. The number of benzene rings is 1. The molecule has 1 heterocycles. The highest BCUT2D eigenvalue weighted by molar-refractivity contribution is 9.10. The van der Waals surface area contributed by atoms with Crippen molar-refractivity contribution >= 4 is 32.7 Å². The summed E-state index contributed by atoms with van der Waals surface area (Å²) in [4.78, 5) is 16.8. The van der Waals surface area contributed by atoms with Gasteiger partial charge in [-0.3, -0.25) is 4.79 Å². The van der Waals surface area contributed by atoms with Crippen LogP contribution in [0.3, 0.4) is 0 Å². The minimum atomic E-state index is -0.244. The minimum absolute atomic E-state index is 0.135. The number of aliphatic hydroxyl groups is 2. The number of fused-ring (bicyclic) bond motifs is 1. The fourth-order valence-electron chi connectivity index (χ4n) is 1.97. The van der Waals surface area contributed by atoms with Crippen molar-refractivity contribution in [3.05, 3.63) is 34.4 Å². The maximum absolute atomic E-state index is 12.4. The Labute approximate surface area is 119 Å². The zero-order valence-corrected chi connectivity index (χ0v) is 11.9. The number of para-hydroxylation sites is 1. The summed E-state index contributed by atoms with van der Waals surface area (Å²) in [7, 11) is 0. The van der Waals surface area contributed by atoms with Crippen molar-refractivity contribution in [2.24, 2.45) is 0 Å². The van der Waals surface area contributed by atoms with Crippen LogP contribution in [0.15, 0.2) is 28.7 Å². The molecule has 0 aliphatic carbocycles. The summed E-state index contributed by atoms with van der Waals surface area (Å²) < 4.78 is 0.703. The molecule has 0 atom stereocenters. The summed E-state index contributed by atoms with van der Waals surface area (Å²) in [6, 6.07) is 7.58. The summed E-state index contributed by atoms with van der Waals surface area (Å²) >= 11 is 3.42. The van der Waals surface area contributed by atoms with E-state index in [2.05, 4.69) is 20.9 Å². The van der Waals surface area contributed by atoms with E-state index in [1.54, 1.807) is 0 Å². The van der Waals surface area contributed by atoms with Crippen molar-refractivity contribution in [3.63, 3.8) is 0 Å². The maximum Gasteiger partial charge on any atom is 0.271 e. The predicted octanol–water partition coefficient (Wildman–Crippen LogP) is 1.36. The third kappa shape index (κ3) is 2.80. The SMILES string of the molecule is O=C(c1[nH]c2ccccc2c1Br)N(CCO)CCO. The fraction of sp³-hybridized carbons (Fsp3) is 0.308. The highest BCUT2D eigenvalue weighted by Crippen LogP contribution is 2.28. The lowest BCUT2D eigenvalue weighted by Gasteiger charge is -2.20. The number of amides is 1. The molecular formula is C13H15BrN2O3. The molecule has 0 saturated carbocycles. The van der Waals surface area contributed by atoms with Gasteiger partial charge in [0.05, 0.1) is 17.7 Å². The lowest BCUT2D eigenvalue weighted by atomic mass is 10.2. The molecule has 0 aliphatic heterocycles. The van der Waals surface area contributed by atoms with Gasteiger partial charge in [-0.1, -0.05) is 18.2 Å². The number of hydrogen-bond donors (Lipinski definition) is 3. The van der Waals surface area contributed by atoms with Gasteiger partial charge < -0.3 is 20.1 Å². The molecule has 5 nitrogen and oxygen atoms in total. The largest absolute Gasteiger partial charge is 0.395 e. The van der Waals surface area contributed by atoms with Gasteiger partial charge in [0, 0.05) is 24.0 Å². The van der Waals surface area contributed by atoms with Crippen molar-refractivity contribution in [2.75, 3.05) is 26.3 Å². The number of aromatic amines is 1. The molecule has 0 radical (unpaired) electrons. The van der Waals surface area contributed by atoms with Gasteiger partial charge in [0.1, 0.15) is 5.69 Å². The van der Waals surface area contributed by atoms with Gasteiger partial charge in [0.15, 0.2) is 0 Å². The predicted molar refractivity (Wildman–Crippen MR) is 76.1 cm³/mol. The number of hydrogen-bond acceptors (Lipinski definition) is 3. The molecule has 0 bridgehead atoms. The second-order valence-corrected chi connectivity index (χ2v) is 4.89. The Hall–Kier alpha value is -1.37. The summed E-state index contributed by atoms with van der Waals surface area (Å²) in [5.41, 5.74) is 1.30. The quantitative estimate of drug-likeness (QED) is 0.776. The summed E-state index contributed by atoms with van der Waals surface area (Å²) in [6.07, 6.45) is 0. The number of nitrogens with one attached hydrogen (secondary N) is 1. The standard InChI is InChI=1S/C13H15BrN2O3/c14-11-9-3-1-2-4-10(9)15-12(11)13(19)16(5-7-17)6-8-18/h1-4,15,17-18H,5-8H2. The zero-order valence-electron chi connectivity index (χ0n) is 10.3. The van der Waals surface area contributed by atoms with E-state index in [1.165, 1.54) is 4.90 Å². The van der Waals surface area contributed by atoms with Crippen LogP contribution in [0.5, 0.6) is 0 Å². The molecule has 1 amide bonds. The molecule has 2 aromatic rings. The van der Waals surface area contributed by atoms with E-state index in [0.29, 0.717) is 10.2 Å². The van der Waals surface area contributed by atoms with Crippen LogP contribution in [0.25, 0.3) is 10.9 Å². The molecule has 6 heteroatoms. The Balaban J connectivity index is 2.37. The van der Waals surface area contributed by atoms with Gasteiger partial charge in [0.25, 0.3) is 5.91 Å². The molecule has 0 saturated heterocycles. The maximum atomic E-state index is 12.4. The normalized spacial score (nSPS) is 10.9. The molecule has 102 valence electrons. The van der Waals surface area contributed by atoms with Crippen molar-refractivity contribution in [3.8, 4) is 0 Å². The van der Waals surface area contributed by atoms with Gasteiger partial charge in [0.2, 0.25) is 0 Å². The smallest absolute Gasteiger partial charge is 0.271 e. The van der Waals surface area contributed by atoms with Crippen molar-refractivity contribution in [2.45, 2.75) is 0 Å². The molecule has 0 unspecified atom stereocenters. The Morgan fingerprint density at radius 2 is 1.84 bits per heavy atom. The first kappa shape index (κ1) is 14.0. The molecular weight excluding hydrogens is 312 g/mol. The average molecular weight is 327 g/mol. The van der Waals surface area contributed by atoms with E-state index in [-0.39, 0.29) is 32.2 Å². The zero-order chi connectivity index (χ0) is 13.8. The topological polar surface area (TPSA) is 76.6 Å². The summed E-state index contributed by atoms with van der Waals surface area (Å²) in [6.45, 7) is 0.121. The number of halogens is 1. The molecule has 2 rings (SSSR count). The first-order valence-electron chi connectivity index (χ1n) is 5.96. The first-order valence-corrected chi connectivity index (χ1v) is 6.75. The fourth-order valence-corrected chi connectivity index (χ4v) is 2.58. The van der Waals surface area contributed by atoms with Gasteiger partial charge in [-0.15, -0.1) is 0 Å². The van der Waals surface area contributed by atoms with Gasteiger partial charge >= 0.3 is 0 Å². The molecule has 1 aromatic carbocycles. The van der Waals surface area contributed by atoms with E-state index >= 15 is 0 Å². The number of aliphatic hydroxyl groups excluding tert-OH is 2. The van der Waals surface area contributed by atoms with Crippen molar-refractivity contribution in [1.29, 1.82) is 0 Å². The van der Waals surface area contributed by atoms with Gasteiger partial charge in [-0.25, -0.2) is 0 Å². The van der Waals surface area contributed by atoms with Crippen molar-refractivity contribution < 1.29 is 15.0 Å². The van der Waals surface area contributed by atoms with Gasteiger partial charge in [-0.05, 0) is 22.0 Å². The Bertz CT molecular complexity index is 576. The van der Waals surface area contributed by atoms with E-state index in [0.717, 1.165) is 10.9 Å². The van der Waals surface area contributed by atoms with E-state index < -0.39 is 0 Å². The molecule has 1 aromatic heterocycles. The second-order valence-electron chi connectivity index (χ2n) is 4.10. The lowest BCUT2D eigenvalue weighted by molar-refractivity contribution is 0.0679. The number of carbonyl (C=O) groups is 1. The Morgan fingerprint density at radius 3 is 2.42 bits per heavy atom. The molecule has 3 N–H and O–H groups in total. The van der Waals surface area contributed by atoms with Crippen LogP contribution >= 0.6 is 15.9 Å². The third-order valence-electron chi connectivity index (χ3n) is 2.88. The van der Waals surface area contributed by atoms with Crippen LogP contribution in [-0.4, -0.2) is 52.3 Å². The van der Waals surface area contributed by atoms with E-state index in [4.69, 9.17) is 10.2 Å². The van der Waals surface area contributed by atoms with Gasteiger partial charge in [-0.2, -0.15) is 0 Å². The molecule has 0 aliphatic rings. The van der Waals surface area contributed by atoms with Crippen LogP contribution in [0.2, 0.25) is 0 Å². The summed E-state index contributed by atoms with van der Waals surface area (Å²) in [5.74, 6) is -0.244. The van der Waals surface area contributed by atoms with Crippen LogP contribution in [0.4, 0.5) is 0 Å². The summed E-state index contributed by atoms with van der Waals surface area (Å²) in [5, 5.41) is 18.9. The monoisotopic (exact) mass is 326 g/mol. The van der Waals surface area contributed by atoms with Crippen LogP contribution in [0.1, 0.15) is 10.5 Å². The highest BCUT2D eigenvalue weighted by Gasteiger charge is 2.20. The number of rotatable bonds is 5. The third-order valence-corrected chi connectivity index (χ3v) is 3.71. The molecule has 0 fully saturated rings. The minimum Gasteiger partial charge on any atom is -0.395 e. The van der Waals surface area contributed by atoms with Crippen molar-refractivity contribution in [1.82, 2.24) is 9.88 Å². The number of aromatic nitrogens is 1. The van der Waals surface area contributed by atoms with Crippen LogP contribution in [0, 0.1) is 0 Å². The first-order chi connectivity index (χ1) is 9.19.